The van der Waals surface area contributed by atoms with Crippen LogP contribution in [0.4, 0.5) is 0 Å². The molecule has 1 N–H and O–H groups in total. The van der Waals surface area contributed by atoms with E-state index in [4.69, 9.17) is 12.2 Å². The Kier molecular flexibility index (Phi) is 3.91. The Labute approximate surface area is 110 Å². The molecular formula is C12H14N2OS2. The maximum Gasteiger partial charge on any atom is 0.276 e. The highest BCUT2D eigenvalue weighted by atomic mass is 32.1. The number of thiocarbonyl (C=S) groups is 1. The number of carbonyl (C=O) groups excluding carboxylic acids is 1. The normalized spacial score (nSPS) is 17.9. The second-order valence-corrected chi connectivity index (χ2v) is 5.02. The molecule has 0 radical (unpaired) electrons. The van der Waals surface area contributed by atoms with Gasteiger partial charge in [-0.1, -0.05) is 13.3 Å². The minimum Gasteiger partial charge on any atom is -0.328 e. The van der Waals surface area contributed by atoms with E-state index in [9.17, 15) is 4.79 Å². The van der Waals surface area contributed by atoms with Gasteiger partial charge in [0.2, 0.25) is 0 Å². The Hall–Kier alpha value is -1.20. The van der Waals surface area contributed by atoms with Crippen LogP contribution < -0.4 is 5.32 Å². The highest BCUT2D eigenvalue weighted by Crippen LogP contribution is 2.16. The first-order valence-corrected chi connectivity index (χ1v) is 6.94. The number of nitrogens with zero attached hydrogens (tertiary/aromatic N) is 1. The average molecular weight is 266 g/mol. The van der Waals surface area contributed by atoms with Crippen LogP contribution in [0.25, 0.3) is 6.08 Å². The average Bonchev–Trinajstić information content (AvgIpc) is 2.89. The lowest BCUT2D eigenvalue weighted by Gasteiger charge is -2.12. The predicted octanol–water partition coefficient (Wildman–Crippen LogP) is 2.61. The molecule has 2 heterocycles. The van der Waals surface area contributed by atoms with Gasteiger partial charge in [0.05, 0.1) is 0 Å². The zero-order chi connectivity index (χ0) is 12.3. The number of unbranched alkanes of at least 4 members (excludes halogenated alkanes) is 1. The zero-order valence-electron chi connectivity index (χ0n) is 9.60. The first-order valence-electron chi connectivity index (χ1n) is 5.59. The lowest BCUT2D eigenvalue weighted by molar-refractivity contribution is -0.122. The molecule has 90 valence electrons. The number of hydrogen-bond donors (Lipinski definition) is 1. The summed E-state index contributed by atoms with van der Waals surface area (Å²) in [7, 11) is 0. The standard InChI is InChI=1S/C12H14N2OS2/c1-2-3-5-14-11(15)10(13-12(14)16)7-9-4-6-17-8-9/h4,6-8H,2-3,5H2,1H3,(H,13,16)/b10-7-. The fourth-order valence-corrected chi connectivity index (χ4v) is 2.52. The van der Waals surface area contributed by atoms with Crippen LogP contribution in [0.5, 0.6) is 0 Å². The molecule has 0 spiro atoms. The first-order chi connectivity index (χ1) is 8.22. The van der Waals surface area contributed by atoms with E-state index < -0.39 is 0 Å². The lowest BCUT2D eigenvalue weighted by atomic mass is 10.2. The quantitative estimate of drug-likeness (QED) is 0.671. The third-order valence-corrected chi connectivity index (χ3v) is 3.58. The van der Waals surface area contributed by atoms with Gasteiger partial charge in [-0.25, -0.2) is 0 Å². The maximum absolute atomic E-state index is 12.1. The van der Waals surface area contributed by atoms with Gasteiger partial charge in [-0.15, -0.1) is 0 Å². The van der Waals surface area contributed by atoms with E-state index >= 15 is 0 Å². The van der Waals surface area contributed by atoms with Crippen LogP contribution in [0.2, 0.25) is 0 Å². The number of rotatable bonds is 4. The molecule has 0 unspecified atom stereocenters. The Morgan fingerprint density at radius 2 is 2.41 bits per heavy atom. The molecule has 1 aromatic rings. The van der Waals surface area contributed by atoms with Crippen molar-refractivity contribution in [3.63, 3.8) is 0 Å². The van der Waals surface area contributed by atoms with Crippen LogP contribution in [0.15, 0.2) is 22.5 Å². The van der Waals surface area contributed by atoms with Crippen molar-refractivity contribution in [2.75, 3.05) is 6.54 Å². The molecule has 1 aromatic heterocycles. The molecule has 0 bridgehead atoms. The van der Waals surface area contributed by atoms with Crippen LogP contribution in [0.1, 0.15) is 25.3 Å². The number of carbonyl (C=O) groups is 1. The van der Waals surface area contributed by atoms with E-state index in [1.54, 1.807) is 16.2 Å². The smallest absolute Gasteiger partial charge is 0.276 e. The molecule has 0 aromatic carbocycles. The summed E-state index contributed by atoms with van der Waals surface area (Å²) in [6.45, 7) is 2.79. The largest absolute Gasteiger partial charge is 0.328 e. The molecule has 1 fully saturated rings. The van der Waals surface area contributed by atoms with Crippen molar-refractivity contribution in [3.8, 4) is 0 Å². The Balaban J connectivity index is 2.13. The van der Waals surface area contributed by atoms with Gasteiger partial charge in [-0.05, 0) is 47.1 Å². The van der Waals surface area contributed by atoms with E-state index in [2.05, 4.69) is 12.2 Å². The highest BCUT2D eigenvalue weighted by Gasteiger charge is 2.29. The third kappa shape index (κ3) is 2.73. The van der Waals surface area contributed by atoms with Crippen molar-refractivity contribution in [1.82, 2.24) is 10.2 Å². The van der Waals surface area contributed by atoms with Crippen molar-refractivity contribution in [3.05, 3.63) is 28.1 Å². The fraction of sp³-hybridized carbons (Fsp3) is 0.333. The van der Waals surface area contributed by atoms with E-state index in [-0.39, 0.29) is 5.91 Å². The van der Waals surface area contributed by atoms with Crippen LogP contribution in [-0.4, -0.2) is 22.5 Å². The Morgan fingerprint density at radius 3 is 3.06 bits per heavy atom. The van der Waals surface area contributed by atoms with E-state index in [1.165, 1.54) is 0 Å². The molecule has 0 saturated carbocycles. The van der Waals surface area contributed by atoms with Gasteiger partial charge < -0.3 is 5.32 Å². The molecule has 3 nitrogen and oxygen atoms in total. The predicted molar refractivity (Wildman–Crippen MR) is 74.7 cm³/mol. The summed E-state index contributed by atoms with van der Waals surface area (Å²) < 4.78 is 0. The zero-order valence-corrected chi connectivity index (χ0v) is 11.2. The topological polar surface area (TPSA) is 32.3 Å². The van der Waals surface area contributed by atoms with Gasteiger partial charge >= 0.3 is 0 Å². The number of thiophene rings is 1. The summed E-state index contributed by atoms with van der Waals surface area (Å²) in [5, 5.41) is 7.48. The molecule has 1 aliphatic rings. The second-order valence-electron chi connectivity index (χ2n) is 3.86. The number of nitrogens with one attached hydrogen (secondary N) is 1. The molecule has 5 heteroatoms. The van der Waals surface area contributed by atoms with E-state index in [0.29, 0.717) is 17.4 Å². The van der Waals surface area contributed by atoms with E-state index in [0.717, 1.165) is 18.4 Å². The summed E-state index contributed by atoms with van der Waals surface area (Å²) in [5.41, 5.74) is 1.61. The molecule has 1 aliphatic heterocycles. The number of amides is 1. The van der Waals surface area contributed by atoms with Gasteiger partial charge in [-0.3, -0.25) is 9.69 Å². The van der Waals surface area contributed by atoms with Crippen molar-refractivity contribution < 1.29 is 4.79 Å². The SMILES string of the molecule is CCCCN1C(=O)/C(=C/c2ccsc2)NC1=S. The van der Waals surface area contributed by atoms with Gasteiger partial charge in [0.25, 0.3) is 5.91 Å². The van der Waals surface area contributed by atoms with Crippen LogP contribution in [-0.2, 0) is 4.79 Å². The van der Waals surface area contributed by atoms with Gasteiger partial charge in [0.15, 0.2) is 5.11 Å². The summed E-state index contributed by atoms with van der Waals surface area (Å²) >= 11 is 6.77. The monoisotopic (exact) mass is 266 g/mol. The van der Waals surface area contributed by atoms with Gasteiger partial charge in [-0.2, -0.15) is 11.3 Å². The van der Waals surface area contributed by atoms with Crippen molar-refractivity contribution in [1.29, 1.82) is 0 Å². The second kappa shape index (κ2) is 5.42. The molecule has 17 heavy (non-hydrogen) atoms. The Bertz CT molecular complexity index is 451. The van der Waals surface area contributed by atoms with Crippen molar-refractivity contribution in [2.45, 2.75) is 19.8 Å². The number of hydrogen-bond acceptors (Lipinski definition) is 3. The summed E-state index contributed by atoms with van der Waals surface area (Å²) in [5.74, 6) is -0.0188. The molecule has 1 amide bonds. The highest BCUT2D eigenvalue weighted by molar-refractivity contribution is 7.80. The summed E-state index contributed by atoms with van der Waals surface area (Å²) in [4.78, 5) is 13.7. The molecule has 2 rings (SSSR count). The summed E-state index contributed by atoms with van der Waals surface area (Å²) in [6.07, 6.45) is 3.87. The maximum atomic E-state index is 12.1. The fourth-order valence-electron chi connectivity index (χ4n) is 1.61. The molecule has 0 aliphatic carbocycles. The molecule has 0 atom stereocenters. The Morgan fingerprint density at radius 1 is 1.59 bits per heavy atom. The minimum atomic E-state index is -0.0188. The van der Waals surface area contributed by atoms with Crippen LogP contribution in [0.3, 0.4) is 0 Å². The summed E-state index contributed by atoms with van der Waals surface area (Å²) in [6, 6.07) is 1.98. The van der Waals surface area contributed by atoms with Crippen LogP contribution >= 0.6 is 23.6 Å². The first kappa shape index (κ1) is 12.3. The third-order valence-electron chi connectivity index (χ3n) is 2.55. The van der Waals surface area contributed by atoms with Crippen molar-refractivity contribution >= 4 is 40.7 Å². The van der Waals surface area contributed by atoms with Gasteiger partial charge in [0.1, 0.15) is 5.70 Å². The van der Waals surface area contributed by atoms with Crippen molar-refractivity contribution in [2.24, 2.45) is 0 Å². The van der Waals surface area contributed by atoms with Crippen LogP contribution in [0, 0.1) is 0 Å². The lowest BCUT2D eigenvalue weighted by Crippen LogP contribution is -2.31. The minimum absolute atomic E-state index is 0.0188. The molecule has 1 saturated heterocycles. The molecular weight excluding hydrogens is 252 g/mol. The van der Waals surface area contributed by atoms with Gasteiger partial charge in [0, 0.05) is 6.54 Å². The van der Waals surface area contributed by atoms with E-state index in [1.807, 2.05) is 22.9 Å².